The van der Waals surface area contributed by atoms with E-state index in [0.717, 1.165) is 18.5 Å². The lowest BCUT2D eigenvalue weighted by atomic mass is 10.1. The van der Waals surface area contributed by atoms with Crippen molar-refractivity contribution >= 4 is 0 Å². The smallest absolute Gasteiger partial charge is 0.0113 e. The van der Waals surface area contributed by atoms with Gasteiger partial charge in [-0.3, -0.25) is 4.90 Å². The van der Waals surface area contributed by atoms with Gasteiger partial charge in [0.1, 0.15) is 0 Å². The SMILES string of the molecule is CCC(CCN)N1CCN(CC2CCCC2)CC1. The fraction of sp³-hybridized carbons (Fsp3) is 1.00. The maximum atomic E-state index is 5.71. The minimum atomic E-state index is 0.726. The summed E-state index contributed by atoms with van der Waals surface area (Å²) in [4.78, 5) is 5.36. The summed E-state index contributed by atoms with van der Waals surface area (Å²) in [5.41, 5.74) is 5.71. The molecule has 0 bridgehead atoms. The first kappa shape index (κ1) is 14.3. The summed E-state index contributed by atoms with van der Waals surface area (Å²) in [6.07, 6.45) is 8.31. The molecule has 1 unspecified atom stereocenters. The van der Waals surface area contributed by atoms with Crippen LogP contribution in [0.3, 0.4) is 0 Å². The van der Waals surface area contributed by atoms with Crippen LogP contribution in [0.4, 0.5) is 0 Å². The van der Waals surface area contributed by atoms with Crippen molar-refractivity contribution in [3.05, 3.63) is 0 Å². The van der Waals surface area contributed by atoms with Gasteiger partial charge in [-0.15, -0.1) is 0 Å². The number of rotatable bonds is 6. The standard InChI is InChI=1S/C15H31N3/c1-2-15(7-8-16)18-11-9-17(10-12-18)13-14-5-3-4-6-14/h14-15H,2-13,16H2,1H3. The molecule has 2 fully saturated rings. The fourth-order valence-corrected chi connectivity index (χ4v) is 3.71. The molecule has 0 aromatic carbocycles. The second-order valence-corrected chi connectivity index (χ2v) is 6.13. The number of nitrogens with zero attached hydrogens (tertiary/aromatic N) is 2. The van der Waals surface area contributed by atoms with Crippen LogP contribution >= 0.6 is 0 Å². The molecule has 1 aliphatic carbocycles. The van der Waals surface area contributed by atoms with Gasteiger partial charge in [-0.05, 0) is 38.1 Å². The van der Waals surface area contributed by atoms with Gasteiger partial charge in [0.05, 0.1) is 0 Å². The molecule has 3 heteroatoms. The second kappa shape index (κ2) is 7.46. The highest BCUT2D eigenvalue weighted by Crippen LogP contribution is 2.26. The third-order valence-corrected chi connectivity index (χ3v) is 4.89. The number of hydrogen-bond acceptors (Lipinski definition) is 3. The Morgan fingerprint density at radius 1 is 1.11 bits per heavy atom. The molecule has 0 spiro atoms. The van der Waals surface area contributed by atoms with E-state index >= 15 is 0 Å². The highest BCUT2D eigenvalue weighted by Gasteiger charge is 2.24. The highest BCUT2D eigenvalue weighted by atomic mass is 15.3. The maximum Gasteiger partial charge on any atom is 0.0113 e. The quantitative estimate of drug-likeness (QED) is 0.785. The summed E-state index contributed by atoms with van der Waals surface area (Å²) < 4.78 is 0. The molecule has 3 nitrogen and oxygen atoms in total. The zero-order valence-corrected chi connectivity index (χ0v) is 12.1. The van der Waals surface area contributed by atoms with E-state index in [1.807, 2.05) is 0 Å². The molecule has 1 saturated carbocycles. The predicted molar refractivity (Wildman–Crippen MR) is 77.7 cm³/mol. The summed E-state index contributed by atoms with van der Waals surface area (Å²) in [7, 11) is 0. The minimum Gasteiger partial charge on any atom is -0.330 e. The van der Waals surface area contributed by atoms with Crippen LogP contribution in [0.5, 0.6) is 0 Å². The molecule has 18 heavy (non-hydrogen) atoms. The third-order valence-electron chi connectivity index (χ3n) is 4.89. The Labute approximate surface area is 113 Å². The topological polar surface area (TPSA) is 32.5 Å². The van der Waals surface area contributed by atoms with E-state index in [-0.39, 0.29) is 0 Å². The Morgan fingerprint density at radius 3 is 2.33 bits per heavy atom. The number of piperazine rings is 1. The molecular formula is C15H31N3. The zero-order chi connectivity index (χ0) is 12.8. The molecule has 0 radical (unpaired) electrons. The van der Waals surface area contributed by atoms with Crippen LogP contribution < -0.4 is 5.73 Å². The van der Waals surface area contributed by atoms with Crippen LogP contribution in [0.25, 0.3) is 0 Å². The molecule has 0 amide bonds. The van der Waals surface area contributed by atoms with E-state index in [9.17, 15) is 0 Å². The van der Waals surface area contributed by atoms with Crippen molar-refractivity contribution in [3.8, 4) is 0 Å². The Balaban J connectivity index is 1.69. The second-order valence-electron chi connectivity index (χ2n) is 6.13. The Morgan fingerprint density at radius 2 is 1.78 bits per heavy atom. The molecule has 2 aliphatic rings. The lowest BCUT2D eigenvalue weighted by molar-refractivity contribution is 0.0820. The average Bonchev–Trinajstić information content (AvgIpc) is 2.90. The zero-order valence-electron chi connectivity index (χ0n) is 12.1. The highest BCUT2D eigenvalue weighted by molar-refractivity contribution is 4.80. The Hall–Kier alpha value is -0.120. The van der Waals surface area contributed by atoms with E-state index in [0.29, 0.717) is 0 Å². The van der Waals surface area contributed by atoms with Gasteiger partial charge in [-0.2, -0.15) is 0 Å². The molecule has 0 aromatic heterocycles. The van der Waals surface area contributed by atoms with Gasteiger partial charge >= 0.3 is 0 Å². The van der Waals surface area contributed by atoms with Crippen molar-refractivity contribution in [2.24, 2.45) is 11.7 Å². The van der Waals surface area contributed by atoms with Crippen LogP contribution in [0, 0.1) is 5.92 Å². The van der Waals surface area contributed by atoms with E-state index in [2.05, 4.69) is 16.7 Å². The molecular weight excluding hydrogens is 222 g/mol. The predicted octanol–water partition coefficient (Wildman–Crippen LogP) is 1.92. The van der Waals surface area contributed by atoms with Crippen molar-refractivity contribution in [1.82, 2.24) is 9.80 Å². The minimum absolute atomic E-state index is 0.726. The molecule has 1 saturated heterocycles. The van der Waals surface area contributed by atoms with Gasteiger partial charge in [-0.1, -0.05) is 19.8 Å². The van der Waals surface area contributed by atoms with Gasteiger partial charge < -0.3 is 10.6 Å². The monoisotopic (exact) mass is 253 g/mol. The van der Waals surface area contributed by atoms with E-state index in [4.69, 9.17) is 5.73 Å². The first-order valence-electron chi connectivity index (χ1n) is 8.00. The van der Waals surface area contributed by atoms with Gasteiger partial charge in [0.2, 0.25) is 0 Å². The summed E-state index contributed by atoms with van der Waals surface area (Å²) >= 11 is 0. The summed E-state index contributed by atoms with van der Waals surface area (Å²) in [5.74, 6) is 1.00. The van der Waals surface area contributed by atoms with Crippen molar-refractivity contribution < 1.29 is 0 Å². The summed E-state index contributed by atoms with van der Waals surface area (Å²) in [6, 6.07) is 0.726. The van der Waals surface area contributed by atoms with Gasteiger partial charge in [-0.25, -0.2) is 0 Å². The van der Waals surface area contributed by atoms with E-state index < -0.39 is 0 Å². The van der Waals surface area contributed by atoms with E-state index in [1.165, 1.54) is 71.2 Å². The Bertz CT molecular complexity index is 218. The van der Waals surface area contributed by atoms with E-state index in [1.54, 1.807) is 0 Å². The van der Waals surface area contributed by atoms with Crippen molar-refractivity contribution in [1.29, 1.82) is 0 Å². The average molecular weight is 253 g/mol. The van der Waals surface area contributed by atoms with Crippen LogP contribution in [0.2, 0.25) is 0 Å². The van der Waals surface area contributed by atoms with Crippen LogP contribution in [0.1, 0.15) is 45.4 Å². The maximum absolute atomic E-state index is 5.71. The Kier molecular flexibility index (Phi) is 5.93. The lowest BCUT2D eigenvalue weighted by Gasteiger charge is -2.39. The van der Waals surface area contributed by atoms with Crippen molar-refractivity contribution in [2.45, 2.75) is 51.5 Å². The molecule has 106 valence electrons. The molecule has 1 atom stereocenters. The fourth-order valence-electron chi connectivity index (χ4n) is 3.71. The normalized spacial score (nSPS) is 25.7. The lowest BCUT2D eigenvalue weighted by Crippen LogP contribution is -2.51. The van der Waals surface area contributed by atoms with Gasteiger partial charge in [0.25, 0.3) is 0 Å². The molecule has 1 aliphatic heterocycles. The summed E-state index contributed by atoms with van der Waals surface area (Å²) in [6.45, 7) is 9.55. The number of nitrogens with two attached hydrogens (primary N) is 1. The van der Waals surface area contributed by atoms with Crippen LogP contribution in [0.15, 0.2) is 0 Å². The molecule has 2 rings (SSSR count). The molecule has 0 aromatic rings. The number of hydrogen-bond donors (Lipinski definition) is 1. The van der Waals surface area contributed by atoms with Crippen LogP contribution in [-0.2, 0) is 0 Å². The molecule has 1 heterocycles. The summed E-state index contributed by atoms with van der Waals surface area (Å²) in [5, 5.41) is 0. The van der Waals surface area contributed by atoms with Crippen LogP contribution in [-0.4, -0.2) is 55.1 Å². The first-order chi connectivity index (χ1) is 8.83. The molecule has 2 N–H and O–H groups in total. The first-order valence-corrected chi connectivity index (χ1v) is 8.00. The largest absolute Gasteiger partial charge is 0.330 e. The van der Waals surface area contributed by atoms with Crippen molar-refractivity contribution in [3.63, 3.8) is 0 Å². The van der Waals surface area contributed by atoms with Gasteiger partial charge in [0.15, 0.2) is 0 Å². The van der Waals surface area contributed by atoms with Crippen molar-refractivity contribution in [2.75, 3.05) is 39.3 Å². The third kappa shape index (κ3) is 3.94. The van der Waals surface area contributed by atoms with Gasteiger partial charge in [0, 0.05) is 38.8 Å².